The van der Waals surface area contributed by atoms with Gasteiger partial charge in [0.15, 0.2) is 5.79 Å². The van der Waals surface area contributed by atoms with Crippen molar-refractivity contribution in [1.82, 2.24) is 0 Å². The minimum atomic E-state index is -0.548. The minimum absolute atomic E-state index is 0.548. The minimum Gasteiger partial charge on any atom is -0.344 e. The van der Waals surface area contributed by atoms with Gasteiger partial charge in [0.25, 0.3) is 0 Å². The first-order valence-corrected chi connectivity index (χ1v) is 13.6. The van der Waals surface area contributed by atoms with E-state index in [2.05, 4.69) is 45.0 Å². The Balaban J connectivity index is 1.18. The van der Waals surface area contributed by atoms with Crippen LogP contribution < -0.4 is 0 Å². The van der Waals surface area contributed by atoms with Gasteiger partial charge in [0.1, 0.15) is 0 Å². The van der Waals surface area contributed by atoms with Crippen molar-refractivity contribution in [2.45, 2.75) is 96.7 Å². The van der Waals surface area contributed by atoms with Gasteiger partial charge in [0.2, 0.25) is 0 Å². The average molecular weight is 435 g/mol. The fraction of sp³-hybridized carbons (Fsp3) is 0.733. The van der Waals surface area contributed by atoms with E-state index in [1.807, 2.05) is 11.1 Å². The van der Waals surface area contributed by atoms with E-state index in [0.29, 0.717) is 18.6 Å². The summed E-state index contributed by atoms with van der Waals surface area (Å²) in [6.07, 6.45) is 14.2. The molecule has 4 fully saturated rings. The molecule has 1 aromatic carbocycles. The van der Waals surface area contributed by atoms with Crippen molar-refractivity contribution >= 4 is 0 Å². The fourth-order valence-electron chi connectivity index (χ4n) is 8.95. The Morgan fingerprint density at radius 3 is 2.38 bits per heavy atom. The molecule has 0 amide bonds. The van der Waals surface area contributed by atoms with Crippen LogP contribution in [0.25, 0.3) is 0 Å². The van der Waals surface area contributed by atoms with Crippen LogP contribution in [0, 0.1) is 29.1 Å². The Kier molecular flexibility index (Phi) is 5.34. The Bertz CT molecular complexity index is 877. The maximum Gasteiger partial charge on any atom is 0.192 e. The van der Waals surface area contributed by atoms with Gasteiger partial charge in [-0.1, -0.05) is 55.7 Å². The van der Waals surface area contributed by atoms with Crippen molar-refractivity contribution in [3.05, 3.63) is 46.5 Å². The normalized spacial score (nSPS) is 40.7. The Morgan fingerprint density at radius 2 is 1.62 bits per heavy atom. The first kappa shape index (κ1) is 21.4. The zero-order valence-corrected chi connectivity index (χ0v) is 20.5. The van der Waals surface area contributed by atoms with Crippen molar-refractivity contribution in [3.63, 3.8) is 0 Å². The monoisotopic (exact) mass is 434 g/mol. The molecule has 4 aliphatic carbocycles. The van der Waals surface area contributed by atoms with Crippen molar-refractivity contribution in [1.29, 1.82) is 0 Å². The lowest BCUT2D eigenvalue weighted by molar-refractivity contribution is -0.149. The van der Waals surface area contributed by atoms with Crippen molar-refractivity contribution in [3.8, 4) is 0 Å². The highest BCUT2D eigenvalue weighted by atomic mass is 16.7. The smallest absolute Gasteiger partial charge is 0.192 e. The summed E-state index contributed by atoms with van der Waals surface area (Å²) in [4.78, 5) is 0. The van der Waals surface area contributed by atoms with E-state index in [1.165, 1.54) is 69.8 Å². The second kappa shape index (κ2) is 7.98. The Morgan fingerprint density at radius 1 is 0.844 bits per heavy atom. The van der Waals surface area contributed by atoms with E-state index in [-0.39, 0.29) is 0 Å². The maximum atomic E-state index is 5.86. The molecule has 6 rings (SSSR count). The first-order chi connectivity index (χ1) is 15.5. The number of hydrogen-bond donors (Lipinski definition) is 0. The van der Waals surface area contributed by atoms with E-state index in [0.717, 1.165) is 35.2 Å². The summed E-state index contributed by atoms with van der Waals surface area (Å²) >= 11 is 0. The number of ether oxygens (including phenoxy) is 2. The number of fused-ring (bicyclic) bond motifs is 4. The summed E-state index contributed by atoms with van der Waals surface area (Å²) in [6, 6.07) is 9.21. The molecule has 2 nitrogen and oxygen atoms in total. The first-order valence-electron chi connectivity index (χ1n) is 13.6. The van der Waals surface area contributed by atoms with Crippen LogP contribution in [0.4, 0.5) is 0 Å². The van der Waals surface area contributed by atoms with Gasteiger partial charge >= 0.3 is 0 Å². The van der Waals surface area contributed by atoms with Gasteiger partial charge < -0.3 is 9.47 Å². The van der Waals surface area contributed by atoms with Crippen LogP contribution in [0.15, 0.2) is 35.4 Å². The predicted octanol–water partition coefficient (Wildman–Crippen LogP) is 7.73. The molecule has 2 heteroatoms. The summed E-state index contributed by atoms with van der Waals surface area (Å²) in [5.41, 5.74) is 7.21. The molecule has 0 radical (unpaired) electrons. The zero-order chi connectivity index (χ0) is 21.9. The van der Waals surface area contributed by atoms with Crippen molar-refractivity contribution in [2.24, 2.45) is 29.1 Å². The molecule has 0 aromatic heterocycles. The lowest BCUT2D eigenvalue weighted by atomic mass is 9.54. The second-order valence-corrected chi connectivity index (χ2v) is 12.0. The summed E-state index contributed by atoms with van der Waals surface area (Å²) in [5, 5.41) is 0. The van der Waals surface area contributed by atoms with Crippen LogP contribution in [0.3, 0.4) is 0 Å². The van der Waals surface area contributed by atoms with Crippen LogP contribution in [-0.4, -0.2) is 13.2 Å². The van der Waals surface area contributed by atoms with E-state index < -0.39 is 5.79 Å². The van der Waals surface area contributed by atoms with Crippen LogP contribution in [0.2, 0.25) is 0 Å². The molecule has 174 valence electrons. The molecule has 0 bridgehead atoms. The lowest BCUT2D eigenvalue weighted by Gasteiger charge is -2.51. The standard InChI is InChI=1S/C30H42O2/c1-4-23-11-14-28-27-13-8-22-19-21(7-12-25(22)26(27)15-16-29(23,28)2)20-5-9-24(10-6-20)30(3)31-17-18-32-30/h5-6,9-10,21-23,27-28H,4,7-8,11-19H2,1-3H3/t21?,22?,23-,27+,28-,29+/m0/s1. The quantitative estimate of drug-likeness (QED) is 0.453. The molecule has 32 heavy (non-hydrogen) atoms. The summed E-state index contributed by atoms with van der Waals surface area (Å²) in [5.74, 6) is 3.92. The van der Waals surface area contributed by atoms with Crippen LogP contribution in [0.5, 0.6) is 0 Å². The molecule has 0 spiro atoms. The third kappa shape index (κ3) is 3.27. The van der Waals surface area contributed by atoms with E-state index >= 15 is 0 Å². The van der Waals surface area contributed by atoms with Crippen LogP contribution in [-0.2, 0) is 15.3 Å². The fourth-order valence-corrected chi connectivity index (χ4v) is 8.95. The molecule has 1 aliphatic heterocycles. The van der Waals surface area contributed by atoms with E-state index in [4.69, 9.17) is 9.47 Å². The number of rotatable bonds is 3. The molecule has 3 saturated carbocycles. The van der Waals surface area contributed by atoms with Gasteiger partial charge in [-0.05, 0) is 105 Å². The van der Waals surface area contributed by atoms with Gasteiger partial charge in [0.05, 0.1) is 13.2 Å². The Hall–Kier alpha value is -1.12. The molecule has 2 unspecified atom stereocenters. The zero-order valence-electron chi connectivity index (χ0n) is 20.5. The number of hydrogen-bond acceptors (Lipinski definition) is 2. The molecule has 6 atom stereocenters. The molecule has 0 N–H and O–H groups in total. The average Bonchev–Trinajstić information content (AvgIpc) is 3.42. The van der Waals surface area contributed by atoms with E-state index in [9.17, 15) is 0 Å². The highest BCUT2D eigenvalue weighted by Crippen LogP contribution is 2.63. The SMILES string of the molecule is CC[C@H]1CC[C@H]2[C@@H]3CCC4CC(c5ccc(C6(C)OCCO6)cc5)CCC4=C3CC[C@]12C. The van der Waals surface area contributed by atoms with Crippen molar-refractivity contribution in [2.75, 3.05) is 13.2 Å². The molecular formula is C30H42O2. The molecule has 1 aromatic rings. The highest BCUT2D eigenvalue weighted by Gasteiger charge is 2.53. The second-order valence-electron chi connectivity index (χ2n) is 12.0. The Labute approximate surface area is 195 Å². The predicted molar refractivity (Wildman–Crippen MR) is 129 cm³/mol. The van der Waals surface area contributed by atoms with Gasteiger partial charge in [-0.3, -0.25) is 0 Å². The molecule has 5 aliphatic rings. The lowest BCUT2D eigenvalue weighted by Crippen LogP contribution is -2.41. The van der Waals surface area contributed by atoms with Gasteiger partial charge in [-0.25, -0.2) is 0 Å². The summed E-state index contributed by atoms with van der Waals surface area (Å²) in [6.45, 7) is 8.54. The number of allylic oxidation sites excluding steroid dienone is 2. The van der Waals surface area contributed by atoms with Crippen molar-refractivity contribution < 1.29 is 9.47 Å². The molecular weight excluding hydrogens is 392 g/mol. The van der Waals surface area contributed by atoms with Gasteiger partial charge in [-0.2, -0.15) is 0 Å². The summed E-state index contributed by atoms with van der Waals surface area (Å²) in [7, 11) is 0. The third-order valence-electron chi connectivity index (χ3n) is 10.8. The maximum absolute atomic E-state index is 5.86. The van der Waals surface area contributed by atoms with Gasteiger partial charge in [0, 0.05) is 5.56 Å². The van der Waals surface area contributed by atoms with Gasteiger partial charge in [-0.15, -0.1) is 0 Å². The molecule has 1 heterocycles. The van der Waals surface area contributed by atoms with Crippen LogP contribution in [0.1, 0.15) is 102 Å². The largest absolute Gasteiger partial charge is 0.344 e. The number of benzene rings is 1. The highest BCUT2D eigenvalue weighted by molar-refractivity contribution is 5.33. The topological polar surface area (TPSA) is 18.5 Å². The third-order valence-corrected chi connectivity index (χ3v) is 10.8. The summed E-state index contributed by atoms with van der Waals surface area (Å²) < 4.78 is 11.7. The van der Waals surface area contributed by atoms with E-state index in [1.54, 1.807) is 0 Å². The molecule has 1 saturated heterocycles. The van der Waals surface area contributed by atoms with Crippen LogP contribution >= 0.6 is 0 Å².